The zero-order valence-electron chi connectivity index (χ0n) is 14.9. The fourth-order valence-corrected chi connectivity index (χ4v) is 2.78. The molecule has 0 aliphatic carbocycles. The van der Waals surface area contributed by atoms with Gasteiger partial charge in [-0.3, -0.25) is 4.79 Å². The Kier molecular flexibility index (Phi) is 4.93. The number of benzene rings is 1. The number of rotatable bonds is 5. The molecule has 0 spiro atoms. The zero-order chi connectivity index (χ0) is 18.7. The van der Waals surface area contributed by atoms with Crippen LogP contribution in [-0.2, 0) is 16.1 Å². The van der Waals surface area contributed by atoms with E-state index in [0.717, 1.165) is 16.8 Å². The highest BCUT2D eigenvalue weighted by atomic mass is 16.5. The Morgan fingerprint density at radius 1 is 1.12 bits per heavy atom. The molecule has 3 rings (SSSR count). The first-order chi connectivity index (χ1) is 12.5. The van der Waals surface area contributed by atoms with Crippen LogP contribution in [-0.4, -0.2) is 23.6 Å². The maximum absolute atomic E-state index is 12.6. The molecule has 0 radical (unpaired) electrons. The maximum Gasteiger partial charge on any atom is 0.354 e. The van der Waals surface area contributed by atoms with Crippen LogP contribution in [0.4, 0.5) is 5.69 Å². The Balaban J connectivity index is 1.90. The van der Waals surface area contributed by atoms with Crippen LogP contribution in [0.5, 0.6) is 0 Å². The minimum atomic E-state index is -0.512. The summed E-state index contributed by atoms with van der Waals surface area (Å²) in [5, 5.41) is 2.90. The Morgan fingerprint density at radius 3 is 2.62 bits per heavy atom. The Morgan fingerprint density at radius 2 is 1.92 bits per heavy atom. The van der Waals surface area contributed by atoms with Gasteiger partial charge in [0.1, 0.15) is 18.0 Å². The fourth-order valence-electron chi connectivity index (χ4n) is 2.78. The van der Waals surface area contributed by atoms with Gasteiger partial charge < -0.3 is 19.0 Å². The standard InChI is InChI=1S/C20H20N2O4/c1-13-6-4-7-15(14(13)2)21-19(23)12-22-16(18-8-5-11-26-18)9-10-17(22)20(24)25-3/h4-11H,12H2,1-3H3,(H,21,23). The van der Waals surface area contributed by atoms with Gasteiger partial charge in [0.15, 0.2) is 0 Å². The van der Waals surface area contributed by atoms with Crippen LogP contribution in [0.25, 0.3) is 11.5 Å². The van der Waals surface area contributed by atoms with Crippen LogP contribution in [0.3, 0.4) is 0 Å². The van der Waals surface area contributed by atoms with Gasteiger partial charge in [0.25, 0.3) is 0 Å². The zero-order valence-corrected chi connectivity index (χ0v) is 14.9. The second-order valence-corrected chi connectivity index (χ2v) is 5.95. The number of nitrogens with zero attached hydrogens (tertiary/aromatic N) is 1. The summed E-state index contributed by atoms with van der Waals surface area (Å²) in [5.41, 5.74) is 3.77. The number of aromatic nitrogens is 1. The summed E-state index contributed by atoms with van der Waals surface area (Å²) in [4.78, 5) is 24.7. The highest BCUT2D eigenvalue weighted by molar-refractivity contribution is 5.94. The largest absolute Gasteiger partial charge is 0.464 e. The number of amides is 1. The molecule has 3 aromatic rings. The van der Waals surface area contributed by atoms with Crippen molar-refractivity contribution in [2.24, 2.45) is 0 Å². The number of hydrogen-bond acceptors (Lipinski definition) is 4. The Labute approximate surface area is 151 Å². The van der Waals surface area contributed by atoms with Crippen LogP contribution < -0.4 is 5.32 Å². The third-order valence-electron chi connectivity index (χ3n) is 4.33. The first-order valence-electron chi connectivity index (χ1n) is 8.19. The summed E-state index contributed by atoms with van der Waals surface area (Å²) in [6.45, 7) is 3.90. The lowest BCUT2D eigenvalue weighted by atomic mass is 10.1. The van der Waals surface area contributed by atoms with Crippen molar-refractivity contribution >= 4 is 17.6 Å². The summed E-state index contributed by atoms with van der Waals surface area (Å²) in [6.07, 6.45) is 1.54. The van der Waals surface area contributed by atoms with Crippen LogP contribution >= 0.6 is 0 Å². The predicted molar refractivity (Wildman–Crippen MR) is 98.0 cm³/mol. The number of aryl methyl sites for hydroxylation is 1. The number of hydrogen-bond donors (Lipinski definition) is 1. The number of carbonyl (C=O) groups is 2. The van der Waals surface area contributed by atoms with E-state index < -0.39 is 5.97 Å². The molecule has 26 heavy (non-hydrogen) atoms. The lowest BCUT2D eigenvalue weighted by Gasteiger charge is -2.13. The van der Waals surface area contributed by atoms with Crippen LogP contribution in [0.15, 0.2) is 53.1 Å². The molecular formula is C20H20N2O4. The first-order valence-corrected chi connectivity index (χ1v) is 8.19. The molecule has 0 bridgehead atoms. The Hall–Kier alpha value is -3.28. The molecule has 1 amide bonds. The topological polar surface area (TPSA) is 73.5 Å². The minimum Gasteiger partial charge on any atom is -0.464 e. The van der Waals surface area contributed by atoms with E-state index in [-0.39, 0.29) is 18.1 Å². The minimum absolute atomic E-state index is 0.0408. The van der Waals surface area contributed by atoms with Gasteiger partial charge in [-0.25, -0.2) is 4.79 Å². The molecule has 2 aromatic heterocycles. The summed E-state index contributed by atoms with van der Waals surface area (Å²) in [6, 6.07) is 12.6. The van der Waals surface area contributed by atoms with Crippen molar-refractivity contribution in [3.8, 4) is 11.5 Å². The van der Waals surface area contributed by atoms with Crippen molar-refractivity contribution in [3.05, 3.63) is 65.5 Å². The van der Waals surface area contributed by atoms with E-state index in [1.54, 1.807) is 35.1 Å². The molecule has 1 aromatic carbocycles. The maximum atomic E-state index is 12.6. The molecule has 1 N–H and O–H groups in total. The molecule has 2 heterocycles. The molecule has 0 atom stereocenters. The lowest BCUT2D eigenvalue weighted by molar-refractivity contribution is -0.116. The van der Waals surface area contributed by atoms with Gasteiger partial charge in [-0.15, -0.1) is 0 Å². The number of esters is 1. The van der Waals surface area contributed by atoms with Gasteiger partial charge in [-0.2, -0.15) is 0 Å². The molecule has 0 saturated heterocycles. The second kappa shape index (κ2) is 7.31. The average Bonchev–Trinajstić information content (AvgIpc) is 3.28. The highest BCUT2D eigenvalue weighted by Crippen LogP contribution is 2.24. The van der Waals surface area contributed by atoms with Gasteiger partial charge in [0.2, 0.25) is 5.91 Å². The third-order valence-corrected chi connectivity index (χ3v) is 4.33. The average molecular weight is 352 g/mol. The number of carbonyl (C=O) groups excluding carboxylic acids is 2. The van der Waals surface area contributed by atoms with Crippen molar-refractivity contribution < 1.29 is 18.7 Å². The highest BCUT2D eigenvalue weighted by Gasteiger charge is 2.20. The summed E-state index contributed by atoms with van der Waals surface area (Å²) in [7, 11) is 1.31. The van der Waals surface area contributed by atoms with E-state index in [1.807, 2.05) is 32.0 Å². The molecule has 6 heteroatoms. The number of nitrogens with one attached hydrogen (secondary N) is 1. The van der Waals surface area contributed by atoms with Gasteiger partial charge in [-0.05, 0) is 55.3 Å². The third kappa shape index (κ3) is 3.39. The molecule has 0 aliphatic rings. The molecule has 0 fully saturated rings. The SMILES string of the molecule is COC(=O)c1ccc(-c2ccco2)n1CC(=O)Nc1cccc(C)c1C. The normalized spacial score (nSPS) is 10.6. The molecule has 0 aliphatic heterocycles. The van der Waals surface area contributed by atoms with E-state index >= 15 is 0 Å². The van der Waals surface area contributed by atoms with E-state index in [1.165, 1.54) is 7.11 Å². The van der Waals surface area contributed by atoms with Crippen molar-refractivity contribution in [2.45, 2.75) is 20.4 Å². The number of ether oxygens (including phenoxy) is 1. The van der Waals surface area contributed by atoms with Gasteiger partial charge in [-0.1, -0.05) is 12.1 Å². The van der Waals surface area contributed by atoms with Crippen molar-refractivity contribution in [2.75, 3.05) is 12.4 Å². The van der Waals surface area contributed by atoms with Crippen LogP contribution in [0, 0.1) is 13.8 Å². The quantitative estimate of drug-likeness (QED) is 0.709. The van der Waals surface area contributed by atoms with Crippen molar-refractivity contribution in [1.29, 1.82) is 0 Å². The van der Waals surface area contributed by atoms with Gasteiger partial charge in [0, 0.05) is 5.69 Å². The van der Waals surface area contributed by atoms with E-state index in [0.29, 0.717) is 11.5 Å². The Bertz CT molecular complexity index is 939. The smallest absolute Gasteiger partial charge is 0.354 e. The summed E-state index contributed by atoms with van der Waals surface area (Å²) < 4.78 is 11.8. The molecule has 6 nitrogen and oxygen atoms in total. The molecule has 0 saturated carbocycles. The fraction of sp³-hybridized carbons (Fsp3) is 0.200. The van der Waals surface area contributed by atoms with Crippen molar-refractivity contribution in [1.82, 2.24) is 4.57 Å². The first kappa shape index (κ1) is 17.5. The predicted octanol–water partition coefficient (Wildman–Crippen LogP) is 3.79. The number of furan rings is 1. The lowest BCUT2D eigenvalue weighted by Crippen LogP contribution is -2.22. The molecule has 134 valence electrons. The molecule has 0 unspecified atom stereocenters. The summed E-state index contributed by atoms with van der Waals surface area (Å²) >= 11 is 0. The summed E-state index contributed by atoms with van der Waals surface area (Å²) in [5.74, 6) is -0.185. The second-order valence-electron chi connectivity index (χ2n) is 5.95. The van der Waals surface area contributed by atoms with Crippen LogP contribution in [0.1, 0.15) is 21.6 Å². The monoisotopic (exact) mass is 352 g/mol. The van der Waals surface area contributed by atoms with E-state index in [4.69, 9.17) is 9.15 Å². The number of anilines is 1. The van der Waals surface area contributed by atoms with Crippen LogP contribution in [0.2, 0.25) is 0 Å². The number of methoxy groups -OCH3 is 1. The van der Waals surface area contributed by atoms with Gasteiger partial charge in [0.05, 0.1) is 19.1 Å². The van der Waals surface area contributed by atoms with Crippen molar-refractivity contribution in [3.63, 3.8) is 0 Å². The molecular weight excluding hydrogens is 332 g/mol. The van der Waals surface area contributed by atoms with E-state index in [9.17, 15) is 9.59 Å². The van der Waals surface area contributed by atoms with E-state index in [2.05, 4.69) is 5.32 Å². The van der Waals surface area contributed by atoms with Gasteiger partial charge >= 0.3 is 5.97 Å².